The van der Waals surface area contributed by atoms with E-state index in [1.807, 2.05) is 73.0 Å². The summed E-state index contributed by atoms with van der Waals surface area (Å²) in [6, 6.07) is 24.4. The molecule has 0 radical (unpaired) electrons. The Bertz CT molecular complexity index is 1300. The topological polar surface area (TPSA) is 88.9 Å². The molecule has 2 amide bonds. The number of hydrogen-bond acceptors (Lipinski definition) is 5. The van der Waals surface area contributed by atoms with Crippen LogP contribution in [0.25, 0.3) is 11.4 Å². The third-order valence-corrected chi connectivity index (χ3v) is 6.09. The Labute approximate surface area is 202 Å². The molecule has 0 spiro atoms. The Morgan fingerprint density at radius 1 is 0.912 bits per heavy atom. The maximum absolute atomic E-state index is 12.8. The number of amides is 2. The van der Waals surface area contributed by atoms with Crippen molar-refractivity contribution in [1.82, 2.24) is 14.8 Å². The second kappa shape index (κ2) is 10.8. The van der Waals surface area contributed by atoms with Crippen molar-refractivity contribution in [3.63, 3.8) is 0 Å². The lowest BCUT2D eigenvalue weighted by molar-refractivity contribution is -0.113. The zero-order valence-electron chi connectivity index (χ0n) is 19.0. The zero-order chi connectivity index (χ0) is 23.9. The number of nitrogens with one attached hydrogen (secondary N) is 2. The van der Waals surface area contributed by atoms with Gasteiger partial charge in [-0.15, -0.1) is 10.2 Å². The van der Waals surface area contributed by atoms with Gasteiger partial charge in [0, 0.05) is 17.8 Å². The van der Waals surface area contributed by atoms with Crippen molar-refractivity contribution in [2.75, 3.05) is 16.4 Å². The molecule has 8 heteroatoms. The van der Waals surface area contributed by atoms with Crippen LogP contribution in [-0.4, -0.2) is 32.3 Å². The SMILES string of the molecule is CCn1c(SCC(=O)Nc2ccccc2C(=O)Nc2cccc(C)c2)nnc1-c1ccccc1. The van der Waals surface area contributed by atoms with E-state index in [0.717, 1.165) is 17.0 Å². The van der Waals surface area contributed by atoms with Crippen LogP contribution in [0.1, 0.15) is 22.8 Å². The first kappa shape index (κ1) is 23.3. The number of aromatic nitrogens is 3. The number of benzene rings is 3. The highest BCUT2D eigenvalue weighted by molar-refractivity contribution is 7.99. The summed E-state index contributed by atoms with van der Waals surface area (Å²) in [6.45, 7) is 4.66. The van der Waals surface area contributed by atoms with Gasteiger partial charge < -0.3 is 15.2 Å². The van der Waals surface area contributed by atoms with Crippen molar-refractivity contribution in [3.8, 4) is 11.4 Å². The monoisotopic (exact) mass is 471 g/mol. The van der Waals surface area contributed by atoms with Gasteiger partial charge in [0.1, 0.15) is 0 Å². The van der Waals surface area contributed by atoms with Crippen LogP contribution in [0.2, 0.25) is 0 Å². The summed E-state index contributed by atoms with van der Waals surface area (Å²) in [5.74, 6) is 0.394. The molecule has 1 aromatic heterocycles. The van der Waals surface area contributed by atoms with Gasteiger partial charge in [0.15, 0.2) is 11.0 Å². The Morgan fingerprint density at radius 2 is 1.68 bits per heavy atom. The first-order chi connectivity index (χ1) is 16.5. The standard InChI is InChI=1S/C26H25N5O2S/c1-3-31-24(19-11-5-4-6-12-19)29-30-26(31)34-17-23(32)28-22-15-8-7-14-21(22)25(33)27-20-13-9-10-18(2)16-20/h4-16H,3,17H2,1-2H3,(H,27,33)(H,28,32). The molecule has 0 aliphatic rings. The molecular formula is C26H25N5O2S. The normalized spacial score (nSPS) is 10.6. The first-order valence-electron chi connectivity index (χ1n) is 10.9. The average Bonchev–Trinajstić information content (AvgIpc) is 3.26. The van der Waals surface area contributed by atoms with Gasteiger partial charge in [-0.25, -0.2) is 0 Å². The Balaban J connectivity index is 1.42. The second-order valence-electron chi connectivity index (χ2n) is 7.62. The number of rotatable bonds is 8. The summed E-state index contributed by atoms with van der Waals surface area (Å²) in [4.78, 5) is 25.6. The Kier molecular flexibility index (Phi) is 7.39. The minimum absolute atomic E-state index is 0.140. The van der Waals surface area contributed by atoms with Gasteiger partial charge in [-0.1, -0.05) is 66.4 Å². The van der Waals surface area contributed by atoms with Crippen molar-refractivity contribution in [2.24, 2.45) is 0 Å². The predicted molar refractivity (Wildman–Crippen MR) is 136 cm³/mol. The van der Waals surface area contributed by atoms with E-state index in [1.165, 1.54) is 11.8 Å². The average molecular weight is 472 g/mol. The quantitative estimate of drug-likeness (QED) is 0.342. The maximum atomic E-state index is 12.8. The third-order valence-electron chi connectivity index (χ3n) is 5.12. The minimum atomic E-state index is -0.285. The molecule has 0 aliphatic carbocycles. The molecule has 7 nitrogen and oxygen atoms in total. The maximum Gasteiger partial charge on any atom is 0.257 e. The van der Waals surface area contributed by atoms with Crippen molar-refractivity contribution in [1.29, 1.82) is 0 Å². The number of para-hydroxylation sites is 1. The number of hydrogen-bond donors (Lipinski definition) is 2. The van der Waals surface area contributed by atoms with E-state index in [0.29, 0.717) is 28.6 Å². The van der Waals surface area contributed by atoms with E-state index in [2.05, 4.69) is 20.8 Å². The van der Waals surface area contributed by atoms with Crippen LogP contribution in [0, 0.1) is 6.92 Å². The van der Waals surface area contributed by atoms with Crippen LogP contribution in [0.5, 0.6) is 0 Å². The van der Waals surface area contributed by atoms with Crippen LogP contribution < -0.4 is 10.6 Å². The molecule has 0 saturated heterocycles. The molecule has 3 aromatic carbocycles. The lowest BCUT2D eigenvalue weighted by Crippen LogP contribution is -2.19. The largest absolute Gasteiger partial charge is 0.325 e. The van der Waals surface area contributed by atoms with Gasteiger partial charge in [-0.3, -0.25) is 9.59 Å². The summed E-state index contributed by atoms with van der Waals surface area (Å²) in [5, 5.41) is 15.0. The fourth-order valence-corrected chi connectivity index (χ4v) is 4.31. The summed E-state index contributed by atoms with van der Waals surface area (Å²) in [6.07, 6.45) is 0. The van der Waals surface area contributed by atoms with E-state index in [4.69, 9.17) is 0 Å². The van der Waals surface area contributed by atoms with Crippen LogP contribution in [0.4, 0.5) is 11.4 Å². The molecule has 4 aromatic rings. The van der Waals surface area contributed by atoms with Gasteiger partial charge in [-0.05, 0) is 43.7 Å². The molecule has 0 saturated carbocycles. The molecule has 0 bridgehead atoms. The Morgan fingerprint density at radius 3 is 2.44 bits per heavy atom. The number of carbonyl (C=O) groups excluding carboxylic acids is 2. The van der Waals surface area contributed by atoms with E-state index in [9.17, 15) is 9.59 Å². The molecule has 2 N–H and O–H groups in total. The zero-order valence-corrected chi connectivity index (χ0v) is 19.8. The van der Waals surface area contributed by atoms with Crippen LogP contribution >= 0.6 is 11.8 Å². The molecule has 4 rings (SSSR count). The summed E-state index contributed by atoms with van der Waals surface area (Å²) in [5.41, 5.74) is 3.58. The fourth-order valence-electron chi connectivity index (χ4n) is 3.51. The number of nitrogens with zero attached hydrogens (tertiary/aromatic N) is 3. The lowest BCUT2D eigenvalue weighted by Gasteiger charge is -2.12. The van der Waals surface area contributed by atoms with Crippen LogP contribution in [0.3, 0.4) is 0 Å². The minimum Gasteiger partial charge on any atom is -0.325 e. The van der Waals surface area contributed by atoms with Gasteiger partial charge in [-0.2, -0.15) is 0 Å². The summed E-state index contributed by atoms with van der Waals surface area (Å²) in [7, 11) is 0. The third kappa shape index (κ3) is 5.52. The smallest absolute Gasteiger partial charge is 0.257 e. The van der Waals surface area contributed by atoms with E-state index in [1.54, 1.807) is 24.3 Å². The van der Waals surface area contributed by atoms with Crippen molar-refractivity contribution in [2.45, 2.75) is 25.5 Å². The highest BCUT2D eigenvalue weighted by Gasteiger charge is 2.17. The van der Waals surface area contributed by atoms with Gasteiger partial charge >= 0.3 is 0 Å². The molecule has 0 aliphatic heterocycles. The van der Waals surface area contributed by atoms with Crippen LogP contribution in [-0.2, 0) is 11.3 Å². The fraction of sp³-hybridized carbons (Fsp3) is 0.154. The molecule has 172 valence electrons. The van der Waals surface area contributed by atoms with Gasteiger partial charge in [0.05, 0.1) is 17.0 Å². The highest BCUT2D eigenvalue weighted by atomic mass is 32.2. The molecule has 0 fully saturated rings. The summed E-state index contributed by atoms with van der Waals surface area (Å²) >= 11 is 1.31. The Hall–Kier alpha value is -3.91. The molecule has 1 heterocycles. The number of thioether (sulfide) groups is 1. The number of anilines is 2. The first-order valence-corrected chi connectivity index (χ1v) is 11.9. The van der Waals surface area contributed by atoms with Crippen LogP contribution in [0.15, 0.2) is 84.0 Å². The van der Waals surface area contributed by atoms with Crippen molar-refractivity contribution >= 4 is 35.0 Å². The predicted octanol–water partition coefficient (Wildman–Crippen LogP) is 5.26. The lowest BCUT2D eigenvalue weighted by atomic mass is 10.1. The van der Waals surface area contributed by atoms with E-state index < -0.39 is 0 Å². The molecule has 0 atom stereocenters. The van der Waals surface area contributed by atoms with Gasteiger partial charge in [0.25, 0.3) is 5.91 Å². The van der Waals surface area contributed by atoms with Crippen molar-refractivity contribution in [3.05, 3.63) is 90.0 Å². The highest BCUT2D eigenvalue weighted by Crippen LogP contribution is 2.24. The molecular weight excluding hydrogens is 446 g/mol. The number of aryl methyl sites for hydroxylation is 1. The number of carbonyl (C=O) groups is 2. The van der Waals surface area contributed by atoms with E-state index >= 15 is 0 Å². The molecule has 0 unspecified atom stereocenters. The van der Waals surface area contributed by atoms with Gasteiger partial charge in [0.2, 0.25) is 5.91 Å². The van der Waals surface area contributed by atoms with E-state index in [-0.39, 0.29) is 17.6 Å². The summed E-state index contributed by atoms with van der Waals surface area (Å²) < 4.78 is 1.98. The van der Waals surface area contributed by atoms with Crippen molar-refractivity contribution < 1.29 is 9.59 Å². The molecule has 34 heavy (non-hydrogen) atoms. The second-order valence-corrected chi connectivity index (χ2v) is 8.57.